The average molecular weight is 315 g/mol. The Morgan fingerprint density at radius 2 is 1.82 bits per heavy atom. The molecule has 0 atom stereocenters. The zero-order valence-corrected chi connectivity index (χ0v) is 13.2. The molecule has 0 aliphatic carbocycles. The van der Waals surface area contributed by atoms with E-state index in [1.165, 1.54) is 0 Å². The molecule has 3 aromatic rings. The summed E-state index contributed by atoms with van der Waals surface area (Å²) in [5.41, 5.74) is 2.85. The van der Waals surface area contributed by atoms with Gasteiger partial charge in [0.2, 0.25) is 10.0 Å². The molecular formula is C16H17N3O2S. The molecule has 114 valence electrons. The molecule has 0 spiro atoms. The predicted molar refractivity (Wildman–Crippen MR) is 88.3 cm³/mol. The molecule has 0 unspecified atom stereocenters. The number of anilines is 1. The normalized spacial score (nSPS) is 12.0. The Kier molecular flexibility index (Phi) is 3.62. The first-order valence-electron chi connectivity index (χ1n) is 7.02. The van der Waals surface area contributed by atoms with Gasteiger partial charge < -0.3 is 4.40 Å². The number of nitrogens with zero attached hydrogens (tertiary/aromatic N) is 2. The molecule has 0 saturated carbocycles. The number of hydrogen-bond donors (Lipinski definition) is 1. The van der Waals surface area contributed by atoms with Gasteiger partial charge >= 0.3 is 0 Å². The van der Waals surface area contributed by atoms with Crippen molar-refractivity contribution in [2.75, 3.05) is 4.72 Å². The van der Waals surface area contributed by atoms with Gasteiger partial charge in [-0.05, 0) is 32.0 Å². The topological polar surface area (TPSA) is 63.5 Å². The first-order valence-corrected chi connectivity index (χ1v) is 8.57. The molecule has 3 rings (SSSR count). The lowest BCUT2D eigenvalue weighted by atomic mass is 10.1. The molecule has 0 saturated heterocycles. The fourth-order valence-corrected chi connectivity index (χ4v) is 2.85. The second kappa shape index (κ2) is 5.46. The highest BCUT2D eigenvalue weighted by Crippen LogP contribution is 2.28. The van der Waals surface area contributed by atoms with Gasteiger partial charge in [0.25, 0.3) is 0 Å². The summed E-state index contributed by atoms with van der Waals surface area (Å²) in [6.45, 7) is 3.30. The maximum atomic E-state index is 12.1. The van der Waals surface area contributed by atoms with Gasteiger partial charge in [-0.2, -0.15) is 0 Å². The van der Waals surface area contributed by atoms with Gasteiger partial charge in [0.05, 0.1) is 16.6 Å². The number of nitrogens with one attached hydrogen (secondary N) is 1. The Morgan fingerprint density at radius 3 is 2.55 bits per heavy atom. The zero-order chi connectivity index (χ0) is 15.7. The molecule has 22 heavy (non-hydrogen) atoms. The van der Waals surface area contributed by atoms with Crippen molar-refractivity contribution in [1.82, 2.24) is 9.38 Å². The Bertz CT molecular complexity index is 881. The van der Waals surface area contributed by atoms with Crippen LogP contribution in [0.25, 0.3) is 16.9 Å². The van der Waals surface area contributed by atoms with E-state index in [2.05, 4.69) is 9.71 Å². The number of aromatic nitrogens is 2. The summed E-state index contributed by atoms with van der Waals surface area (Å²) in [7, 11) is -3.40. The predicted octanol–water partition coefficient (Wildman–Crippen LogP) is 3.15. The smallest absolute Gasteiger partial charge is 0.235 e. The molecule has 2 heterocycles. The largest absolute Gasteiger partial charge is 0.306 e. The van der Waals surface area contributed by atoms with Crippen molar-refractivity contribution in [2.45, 2.75) is 19.1 Å². The Morgan fingerprint density at radius 1 is 1.09 bits per heavy atom. The lowest BCUT2D eigenvalue weighted by Crippen LogP contribution is -2.22. The summed E-state index contributed by atoms with van der Waals surface area (Å²) in [6, 6.07) is 13.0. The molecule has 1 aromatic carbocycles. The number of fused-ring (bicyclic) bond motifs is 1. The Balaban J connectivity index is 2.08. The van der Waals surface area contributed by atoms with Crippen LogP contribution in [-0.4, -0.2) is 23.1 Å². The van der Waals surface area contributed by atoms with Crippen LogP contribution in [0.2, 0.25) is 0 Å². The van der Waals surface area contributed by atoms with Crippen LogP contribution in [-0.2, 0) is 10.0 Å². The fourth-order valence-electron chi connectivity index (χ4n) is 2.13. The maximum Gasteiger partial charge on any atom is 0.235 e. The third kappa shape index (κ3) is 2.69. The minimum Gasteiger partial charge on any atom is -0.306 e. The molecule has 5 nitrogen and oxygen atoms in total. The molecule has 6 heteroatoms. The van der Waals surface area contributed by atoms with E-state index in [0.717, 1.165) is 16.9 Å². The second-order valence-electron chi connectivity index (χ2n) is 5.33. The number of benzene rings is 1. The summed E-state index contributed by atoms with van der Waals surface area (Å²) in [4.78, 5) is 4.55. The molecule has 0 radical (unpaired) electrons. The van der Waals surface area contributed by atoms with Crippen molar-refractivity contribution in [3.05, 3.63) is 54.9 Å². The zero-order valence-electron chi connectivity index (χ0n) is 12.4. The molecular weight excluding hydrogens is 298 g/mol. The number of hydrogen-bond acceptors (Lipinski definition) is 3. The van der Waals surface area contributed by atoms with E-state index in [1.54, 1.807) is 26.0 Å². The van der Waals surface area contributed by atoms with Gasteiger partial charge in [0, 0.05) is 18.0 Å². The fraction of sp³-hybridized carbons (Fsp3) is 0.188. The van der Waals surface area contributed by atoms with Crippen LogP contribution in [0.5, 0.6) is 0 Å². The molecule has 0 aliphatic heterocycles. The number of pyridine rings is 1. The third-order valence-electron chi connectivity index (χ3n) is 3.44. The maximum absolute atomic E-state index is 12.1. The first kappa shape index (κ1) is 14.6. The van der Waals surface area contributed by atoms with Crippen LogP contribution >= 0.6 is 0 Å². The van der Waals surface area contributed by atoms with E-state index in [4.69, 9.17) is 0 Å². The molecule has 0 bridgehead atoms. The van der Waals surface area contributed by atoms with E-state index in [1.807, 2.05) is 47.1 Å². The van der Waals surface area contributed by atoms with Gasteiger partial charge in [0.15, 0.2) is 0 Å². The minimum absolute atomic E-state index is 0.498. The monoisotopic (exact) mass is 315 g/mol. The van der Waals surface area contributed by atoms with Gasteiger partial charge in [0.1, 0.15) is 5.65 Å². The van der Waals surface area contributed by atoms with Gasteiger partial charge in [-0.1, -0.05) is 24.3 Å². The van der Waals surface area contributed by atoms with Crippen LogP contribution in [0.1, 0.15) is 13.8 Å². The van der Waals surface area contributed by atoms with Gasteiger partial charge in [-0.3, -0.25) is 4.72 Å². The minimum atomic E-state index is -3.40. The molecule has 0 aliphatic rings. The summed E-state index contributed by atoms with van der Waals surface area (Å²) in [6.07, 6.45) is 3.80. The second-order valence-corrected chi connectivity index (χ2v) is 7.57. The molecule has 1 N–H and O–H groups in total. The van der Waals surface area contributed by atoms with Gasteiger partial charge in [-0.25, -0.2) is 13.4 Å². The van der Waals surface area contributed by atoms with Gasteiger partial charge in [-0.15, -0.1) is 0 Å². The van der Waals surface area contributed by atoms with Crippen LogP contribution < -0.4 is 4.72 Å². The third-order valence-corrected chi connectivity index (χ3v) is 5.19. The Labute approximate surface area is 129 Å². The summed E-state index contributed by atoms with van der Waals surface area (Å²) in [5.74, 6) is 0. The number of para-hydroxylation sites is 1. The van der Waals surface area contributed by atoms with Crippen molar-refractivity contribution in [3.63, 3.8) is 0 Å². The quantitative estimate of drug-likeness (QED) is 0.804. The van der Waals surface area contributed by atoms with E-state index < -0.39 is 15.3 Å². The van der Waals surface area contributed by atoms with Crippen molar-refractivity contribution in [1.29, 1.82) is 0 Å². The molecule has 0 fully saturated rings. The first-order chi connectivity index (χ1) is 10.5. The number of rotatable bonds is 4. The highest BCUT2D eigenvalue weighted by Gasteiger charge is 2.18. The average Bonchev–Trinajstić information content (AvgIpc) is 2.91. The van der Waals surface area contributed by atoms with E-state index >= 15 is 0 Å². The lowest BCUT2D eigenvalue weighted by molar-refractivity contribution is 0.593. The number of imidazole rings is 1. The van der Waals surface area contributed by atoms with Crippen molar-refractivity contribution >= 4 is 21.4 Å². The van der Waals surface area contributed by atoms with E-state index in [-0.39, 0.29) is 0 Å². The van der Waals surface area contributed by atoms with Crippen LogP contribution in [0.3, 0.4) is 0 Å². The van der Waals surface area contributed by atoms with E-state index in [9.17, 15) is 8.42 Å². The number of sulfonamides is 1. The van der Waals surface area contributed by atoms with Crippen molar-refractivity contribution < 1.29 is 8.42 Å². The summed E-state index contributed by atoms with van der Waals surface area (Å²) < 4.78 is 28.8. The summed E-state index contributed by atoms with van der Waals surface area (Å²) in [5, 5.41) is -0.498. The van der Waals surface area contributed by atoms with Crippen molar-refractivity contribution in [3.8, 4) is 11.3 Å². The van der Waals surface area contributed by atoms with Crippen LogP contribution in [0.4, 0.5) is 5.69 Å². The van der Waals surface area contributed by atoms with Crippen LogP contribution in [0.15, 0.2) is 54.9 Å². The van der Waals surface area contributed by atoms with E-state index in [0.29, 0.717) is 5.69 Å². The molecule has 0 amide bonds. The SMILES string of the molecule is CC(C)S(=O)(=O)Nc1ccccc1-c1cn2ccccc2n1. The van der Waals surface area contributed by atoms with Crippen LogP contribution in [0, 0.1) is 0 Å². The highest BCUT2D eigenvalue weighted by atomic mass is 32.2. The lowest BCUT2D eigenvalue weighted by Gasteiger charge is -2.13. The highest BCUT2D eigenvalue weighted by molar-refractivity contribution is 7.93. The Hall–Kier alpha value is -2.34. The standard InChI is InChI=1S/C16H17N3O2S/c1-12(2)22(20,21)18-14-8-4-3-7-13(14)15-11-19-10-6-5-9-16(19)17-15/h3-12,18H,1-2H3. The van der Waals surface area contributed by atoms with Crippen molar-refractivity contribution in [2.24, 2.45) is 0 Å². The summed E-state index contributed by atoms with van der Waals surface area (Å²) >= 11 is 0. The molecule has 2 aromatic heterocycles.